The number of nitrogens with one attached hydrogen (secondary N) is 2. The van der Waals surface area contributed by atoms with Crippen molar-refractivity contribution in [1.29, 1.82) is 0 Å². The lowest BCUT2D eigenvalue weighted by molar-refractivity contribution is 0.187. The highest BCUT2D eigenvalue weighted by molar-refractivity contribution is 14.0. The molecule has 0 bridgehead atoms. The molecule has 0 aliphatic carbocycles. The fraction of sp³-hybridized carbons (Fsp3) is 0.609. The van der Waals surface area contributed by atoms with Crippen molar-refractivity contribution in [3.05, 3.63) is 42.0 Å². The van der Waals surface area contributed by atoms with Gasteiger partial charge in [0.05, 0.1) is 6.54 Å². The third kappa shape index (κ3) is 7.81. The highest BCUT2D eigenvalue weighted by Gasteiger charge is 2.20. The first-order valence-electron chi connectivity index (χ1n) is 10.9. The molecule has 0 unspecified atom stereocenters. The molecule has 2 aliphatic heterocycles. The first-order valence-corrected chi connectivity index (χ1v) is 10.9. The van der Waals surface area contributed by atoms with Gasteiger partial charge in [-0.2, -0.15) is 0 Å². The minimum absolute atomic E-state index is 0. The molecule has 3 rings (SSSR count). The maximum atomic E-state index is 4.83. The van der Waals surface area contributed by atoms with E-state index in [4.69, 9.17) is 4.99 Å². The van der Waals surface area contributed by atoms with E-state index in [2.05, 4.69) is 77.6 Å². The third-order valence-electron chi connectivity index (χ3n) is 5.44. The van der Waals surface area contributed by atoms with E-state index in [0.717, 1.165) is 31.5 Å². The number of likely N-dealkylation sites (tertiary alicyclic amines) is 1. The van der Waals surface area contributed by atoms with Crippen LogP contribution < -0.4 is 15.5 Å². The van der Waals surface area contributed by atoms with Gasteiger partial charge in [-0.15, -0.1) is 24.0 Å². The Morgan fingerprint density at radius 3 is 2.34 bits per heavy atom. The van der Waals surface area contributed by atoms with Crippen LogP contribution in [0.2, 0.25) is 0 Å². The van der Waals surface area contributed by atoms with Crippen LogP contribution in [-0.2, 0) is 6.54 Å². The number of piperidine rings is 1. The number of anilines is 1. The molecule has 1 saturated heterocycles. The molecule has 29 heavy (non-hydrogen) atoms. The molecule has 1 aromatic rings. The molecule has 5 nitrogen and oxygen atoms in total. The molecule has 2 heterocycles. The molecule has 0 atom stereocenters. The van der Waals surface area contributed by atoms with Gasteiger partial charge in [0.2, 0.25) is 0 Å². The zero-order chi connectivity index (χ0) is 19.8. The number of nitrogens with zero attached hydrogens (tertiary/aromatic N) is 3. The van der Waals surface area contributed by atoms with Crippen LogP contribution in [0, 0.1) is 5.92 Å². The molecule has 6 heteroatoms. The third-order valence-corrected chi connectivity index (χ3v) is 5.44. The number of rotatable bonds is 7. The fourth-order valence-corrected chi connectivity index (χ4v) is 3.96. The standard InChI is InChI=1S/C23H37N5.HI/c1-4-24-23(26-21-11-15-27(16-12-21)18-19(2)3)25-17-20-7-9-22(10-8-20)28-13-5-6-14-28;/h5-10,19,21H,4,11-18H2,1-3H3,(H2,24,25,26);1H. The van der Waals surface area contributed by atoms with E-state index < -0.39 is 0 Å². The molecule has 0 amide bonds. The van der Waals surface area contributed by atoms with Gasteiger partial charge in [-0.1, -0.05) is 38.1 Å². The lowest BCUT2D eigenvalue weighted by Crippen LogP contribution is -2.49. The SMILES string of the molecule is CCNC(=NCc1ccc(N2CC=CC2)cc1)NC1CCN(CC(C)C)CC1.I. The van der Waals surface area contributed by atoms with E-state index in [9.17, 15) is 0 Å². The van der Waals surface area contributed by atoms with Crippen LogP contribution in [0.4, 0.5) is 5.69 Å². The summed E-state index contributed by atoms with van der Waals surface area (Å²) in [6.45, 7) is 13.9. The summed E-state index contributed by atoms with van der Waals surface area (Å²) in [6, 6.07) is 9.34. The maximum absolute atomic E-state index is 4.83. The van der Waals surface area contributed by atoms with Crippen LogP contribution in [0.3, 0.4) is 0 Å². The predicted octanol–water partition coefficient (Wildman–Crippen LogP) is 3.86. The van der Waals surface area contributed by atoms with E-state index in [0.29, 0.717) is 12.6 Å². The second-order valence-corrected chi connectivity index (χ2v) is 8.35. The zero-order valence-electron chi connectivity index (χ0n) is 18.2. The Hall–Kier alpha value is -1.28. The van der Waals surface area contributed by atoms with Gasteiger partial charge in [-0.05, 0) is 43.4 Å². The van der Waals surface area contributed by atoms with Gasteiger partial charge in [0, 0.05) is 51.0 Å². The zero-order valence-corrected chi connectivity index (χ0v) is 20.6. The average Bonchev–Trinajstić information content (AvgIpc) is 3.23. The van der Waals surface area contributed by atoms with Crippen molar-refractivity contribution in [2.24, 2.45) is 10.9 Å². The maximum Gasteiger partial charge on any atom is 0.191 e. The van der Waals surface area contributed by atoms with E-state index in [1.165, 1.54) is 43.7 Å². The van der Waals surface area contributed by atoms with E-state index in [1.807, 2.05) is 0 Å². The minimum atomic E-state index is 0. The van der Waals surface area contributed by atoms with Gasteiger partial charge in [0.25, 0.3) is 0 Å². The highest BCUT2D eigenvalue weighted by Crippen LogP contribution is 2.18. The van der Waals surface area contributed by atoms with Gasteiger partial charge in [-0.3, -0.25) is 0 Å². The molecule has 162 valence electrons. The van der Waals surface area contributed by atoms with Gasteiger partial charge >= 0.3 is 0 Å². The topological polar surface area (TPSA) is 42.9 Å². The predicted molar refractivity (Wildman–Crippen MR) is 135 cm³/mol. The van der Waals surface area contributed by atoms with Crippen molar-refractivity contribution >= 4 is 35.6 Å². The molecular formula is C23H38IN5. The van der Waals surface area contributed by atoms with E-state index in [-0.39, 0.29) is 24.0 Å². The van der Waals surface area contributed by atoms with Crippen molar-refractivity contribution in [2.75, 3.05) is 44.2 Å². The van der Waals surface area contributed by atoms with E-state index >= 15 is 0 Å². The number of hydrogen-bond acceptors (Lipinski definition) is 3. The van der Waals surface area contributed by atoms with Crippen LogP contribution >= 0.6 is 24.0 Å². The van der Waals surface area contributed by atoms with Crippen LogP contribution in [0.1, 0.15) is 39.2 Å². The Bertz CT molecular complexity index is 640. The molecule has 1 aromatic carbocycles. The number of benzene rings is 1. The Morgan fingerprint density at radius 1 is 1.10 bits per heavy atom. The summed E-state index contributed by atoms with van der Waals surface area (Å²) in [5.74, 6) is 1.69. The lowest BCUT2D eigenvalue weighted by atomic mass is 10.0. The Morgan fingerprint density at radius 2 is 1.76 bits per heavy atom. The van der Waals surface area contributed by atoms with Crippen molar-refractivity contribution in [1.82, 2.24) is 15.5 Å². The first-order chi connectivity index (χ1) is 13.6. The van der Waals surface area contributed by atoms with Crippen molar-refractivity contribution < 1.29 is 0 Å². The second-order valence-electron chi connectivity index (χ2n) is 8.35. The van der Waals surface area contributed by atoms with E-state index in [1.54, 1.807) is 0 Å². The molecule has 2 N–H and O–H groups in total. The van der Waals surface area contributed by atoms with Crippen LogP contribution in [-0.4, -0.2) is 56.2 Å². The molecule has 0 saturated carbocycles. The largest absolute Gasteiger partial charge is 0.364 e. The summed E-state index contributed by atoms with van der Waals surface area (Å²) >= 11 is 0. The monoisotopic (exact) mass is 511 g/mol. The van der Waals surface area contributed by atoms with Gasteiger partial charge in [-0.25, -0.2) is 4.99 Å². The van der Waals surface area contributed by atoms with Gasteiger partial charge < -0.3 is 20.4 Å². The Labute approximate surface area is 194 Å². The van der Waals surface area contributed by atoms with Crippen molar-refractivity contribution in [2.45, 2.75) is 46.2 Å². The molecular weight excluding hydrogens is 473 g/mol. The van der Waals surface area contributed by atoms with Crippen LogP contribution in [0.25, 0.3) is 0 Å². The summed E-state index contributed by atoms with van der Waals surface area (Å²) < 4.78 is 0. The summed E-state index contributed by atoms with van der Waals surface area (Å²) in [4.78, 5) is 9.78. The summed E-state index contributed by atoms with van der Waals surface area (Å²) in [6.07, 6.45) is 6.82. The Balaban J connectivity index is 0.00000300. The second kappa shape index (κ2) is 12.4. The van der Waals surface area contributed by atoms with Crippen LogP contribution in [0.5, 0.6) is 0 Å². The summed E-state index contributed by atoms with van der Waals surface area (Å²) in [5.41, 5.74) is 2.54. The first kappa shape index (κ1) is 24.0. The molecule has 0 aromatic heterocycles. The molecule has 0 radical (unpaired) electrons. The number of hydrogen-bond donors (Lipinski definition) is 2. The highest BCUT2D eigenvalue weighted by atomic mass is 127. The number of aliphatic imine (C=N–C) groups is 1. The van der Waals surface area contributed by atoms with Crippen molar-refractivity contribution in [3.63, 3.8) is 0 Å². The van der Waals surface area contributed by atoms with Crippen LogP contribution in [0.15, 0.2) is 41.4 Å². The molecule has 0 spiro atoms. The van der Waals surface area contributed by atoms with Gasteiger partial charge in [0.1, 0.15) is 0 Å². The lowest BCUT2D eigenvalue weighted by Gasteiger charge is -2.34. The van der Waals surface area contributed by atoms with Crippen molar-refractivity contribution in [3.8, 4) is 0 Å². The average molecular weight is 511 g/mol. The smallest absolute Gasteiger partial charge is 0.191 e. The van der Waals surface area contributed by atoms with Gasteiger partial charge in [0.15, 0.2) is 5.96 Å². The summed E-state index contributed by atoms with van der Waals surface area (Å²) in [5, 5.41) is 7.06. The molecule has 1 fully saturated rings. The minimum Gasteiger partial charge on any atom is -0.364 e. The summed E-state index contributed by atoms with van der Waals surface area (Å²) in [7, 11) is 0. The number of halogens is 1. The quantitative estimate of drug-likeness (QED) is 0.253. The normalized spacial score (nSPS) is 18.2. The molecule has 2 aliphatic rings. The fourth-order valence-electron chi connectivity index (χ4n) is 3.96. The Kier molecular flexibility index (Phi) is 10.3. The number of guanidine groups is 1.